The third-order valence-corrected chi connectivity index (χ3v) is 5.24. The average Bonchev–Trinajstić information content (AvgIpc) is 3.23. The van der Waals surface area contributed by atoms with Crippen molar-refractivity contribution in [2.45, 2.75) is 6.54 Å². The highest BCUT2D eigenvalue weighted by Crippen LogP contribution is 2.35. The van der Waals surface area contributed by atoms with Gasteiger partial charge < -0.3 is 4.57 Å². The largest absolute Gasteiger partial charge is 0.334 e. The number of hydrogen-bond acceptors (Lipinski definition) is 2. The molecule has 2 aromatic heterocycles. The number of halogens is 2. The molecule has 0 unspecified atom stereocenters. The van der Waals surface area contributed by atoms with Gasteiger partial charge in [0.1, 0.15) is 11.4 Å². The molecule has 4 aromatic rings. The van der Waals surface area contributed by atoms with E-state index in [1.807, 2.05) is 10.6 Å². The minimum Gasteiger partial charge on any atom is -0.334 e. The molecule has 0 spiro atoms. The van der Waals surface area contributed by atoms with E-state index in [-0.39, 0.29) is 22.7 Å². The summed E-state index contributed by atoms with van der Waals surface area (Å²) in [5, 5.41) is 0.622. The van der Waals surface area contributed by atoms with Gasteiger partial charge in [-0.05, 0) is 42.0 Å². The van der Waals surface area contributed by atoms with Crippen LogP contribution in [0.1, 0.15) is 15.9 Å². The standard InChI is InChI=1S/C21H12ClFN2O2/c22-14-3-1-4-15-17(14)20(26)18-19(16-5-2-10-24(16)21(18)27)25(15)11-12-6-8-13(23)9-7-12/h1-10H,11H2. The van der Waals surface area contributed by atoms with Gasteiger partial charge in [0.2, 0.25) is 5.43 Å². The highest BCUT2D eigenvalue weighted by atomic mass is 35.5. The number of fused-ring (bicyclic) bond motifs is 4. The second-order valence-corrected chi connectivity index (χ2v) is 6.88. The van der Waals surface area contributed by atoms with E-state index in [0.717, 1.165) is 5.56 Å². The molecule has 132 valence electrons. The molecular weight excluding hydrogens is 367 g/mol. The van der Waals surface area contributed by atoms with Crippen LogP contribution in [0.25, 0.3) is 22.3 Å². The van der Waals surface area contributed by atoms with Crippen LogP contribution in [-0.4, -0.2) is 15.0 Å². The average molecular weight is 379 g/mol. The summed E-state index contributed by atoms with van der Waals surface area (Å²) >= 11 is 6.31. The smallest absolute Gasteiger partial charge is 0.268 e. The van der Waals surface area contributed by atoms with Crippen LogP contribution in [0.3, 0.4) is 0 Å². The van der Waals surface area contributed by atoms with Crippen molar-refractivity contribution < 1.29 is 9.18 Å². The molecule has 6 heteroatoms. The number of aromatic nitrogens is 2. The summed E-state index contributed by atoms with van der Waals surface area (Å²) in [4.78, 5) is 25.9. The zero-order chi connectivity index (χ0) is 18.7. The molecule has 4 nitrogen and oxygen atoms in total. The normalized spacial score (nSPS) is 12.4. The predicted octanol–water partition coefficient (Wildman–Crippen LogP) is 4.31. The SMILES string of the molecule is O=C1c2c(n(Cc3ccc(F)cc3)c3cccc(Cl)c3c2=O)-c2cccn21. The van der Waals surface area contributed by atoms with Gasteiger partial charge in [0.25, 0.3) is 5.91 Å². The Bertz CT molecular complexity index is 1300. The number of carbonyl (C=O) groups is 1. The highest BCUT2D eigenvalue weighted by molar-refractivity contribution is 6.35. The molecule has 0 saturated carbocycles. The molecule has 0 N–H and O–H groups in total. The Morgan fingerprint density at radius 1 is 0.963 bits per heavy atom. The van der Waals surface area contributed by atoms with Gasteiger partial charge in [-0.3, -0.25) is 14.2 Å². The van der Waals surface area contributed by atoms with Crippen LogP contribution in [0.2, 0.25) is 5.02 Å². The predicted molar refractivity (Wildman–Crippen MR) is 102 cm³/mol. The van der Waals surface area contributed by atoms with Crippen LogP contribution in [0.15, 0.2) is 65.6 Å². The molecule has 27 heavy (non-hydrogen) atoms. The molecule has 0 bridgehead atoms. The second-order valence-electron chi connectivity index (χ2n) is 6.47. The molecule has 1 aliphatic rings. The van der Waals surface area contributed by atoms with Crippen molar-refractivity contribution in [3.8, 4) is 11.4 Å². The molecule has 1 aliphatic heterocycles. The summed E-state index contributed by atoms with van der Waals surface area (Å²) in [6, 6.07) is 14.9. The first-order chi connectivity index (χ1) is 13.1. The number of rotatable bonds is 2. The van der Waals surface area contributed by atoms with Crippen LogP contribution in [-0.2, 0) is 6.54 Å². The molecule has 0 amide bonds. The minimum absolute atomic E-state index is 0.119. The van der Waals surface area contributed by atoms with Gasteiger partial charge in [0.05, 0.1) is 27.3 Å². The van der Waals surface area contributed by atoms with E-state index in [2.05, 4.69) is 0 Å². The van der Waals surface area contributed by atoms with Gasteiger partial charge in [0, 0.05) is 12.7 Å². The fourth-order valence-corrected chi connectivity index (χ4v) is 3.98. The number of benzene rings is 2. The fraction of sp³-hybridized carbons (Fsp3) is 0.0476. The lowest BCUT2D eigenvalue weighted by atomic mass is 10.1. The number of hydrogen-bond donors (Lipinski definition) is 0. The topological polar surface area (TPSA) is 44.0 Å². The Balaban J connectivity index is 1.89. The quantitative estimate of drug-likeness (QED) is 0.459. The zero-order valence-corrected chi connectivity index (χ0v) is 14.7. The molecule has 0 aliphatic carbocycles. The van der Waals surface area contributed by atoms with E-state index in [1.54, 1.807) is 42.6 Å². The Morgan fingerprint density at radius 3 is 2.52 bits per heavy atom. The minimum atomic E-state index is -0.366. The van der Waals surface area contributed by atoms with E-state index in [9.17, 15) is 14.0 Å². The second kappa shape index (κ2) is 5.66. The first-order valence-electron chi connectivity index (χ1n) is 8.38. The van der Waals surface area contributed by atoms with Crippen molar-refractivity contribution in [1.82, 2.24) is 9.13 Å². The third kappa shape index (κ3) is 2.22. The fourth-order valence-electron chi connectivity index (χ4n) is 3.72. The Morgan fingerprint density at radius 2 is 1.74 bits per heavy atom. The van der Waals surface area contributed by atoms with Crippen molar-refractivity contribution in [2.24, 2.45) is 0 Å². The van der Waals surface area contributed by atoms with Gasteiger partial charge in [-0.25, -0.2) is 4.39 Å². The van der Waals surface area contributed by atoms with Gasteiger partial charge in [-0.2, -0.15) is 0 Å². The van der Waals surface area contributed by atoms with E-state index >= 15 is 0 Å². The monoisotopic (exact) mass is 378 g/mol. The summed E-state index contributed by atoms with van der Waals surface area (Å²) in [6.07, 6.45) is 1.64. The van der Waals surface area contributed by atoms with E-state index in [1.165, 1.54) is 16.7 Å². The molecular formula is C21H12ClFN2O2. The maximum Gasteiger partial charge on any atom is 0.268 e. The van der Waals surface area contributed by atoms with Crippen molar-refractivity contribution in [3.63, 3.8) is 0 Å². The lowest BCUT2D eigenvalue weighted by Crippen LogP contribution is -2.20. The van der Waals surface area contributed by atoms with Gasteiger partial charge in [-0.15, -0.1) is 0 Å². The lowest BCUT2D eigenvalue weighted by Gasteiger charge is -2.17. The van der Waals surface area contributed by atoms with Crippen molar-refractivity contribution in [1.29, 1.82) is 0 Å². The van der Waals surface area contributed by atoms with Crippen molar-refractivity contribution in [2.75, 3.05) is 0 Å². The van der Waals surface area contributed by atoms with E-state index in [0.29, 0.717) is 33.9 Å². The Labute approximate surface area is 158 Å². The summed E-state index contributed by atoms with van der Waals surface area (Å²) in [6.45, 7) is 0.373. The van der Waals surface area contributed by atoms with Crippen LogP contribution in [0.4, 0.5) is 4.39 Å². The summed E-state index contributed by atoms with van der Waals surface area (Å²) < 4.78 is 16.7. The molecule has 5 rings (SSSR count). The molecule has 2 aromatic carbocycles. The number of carbonyl (C=O) groups excluding carboxylic acids is 1. The maximum atomic E-state index is 13.3. The zero-order valence-electron chi connectivity index (χ0n) is 13.9. The van der Waals surface area contributed by atoms with Crippen molar-refractivity contribution in [3.05, 3.63) is 93.0 Å². The van der Waals surface area contributed by atoms with Crippen LogP contribution < -0.4 is 5.43 Å². The Kier molecular flexibility index (Phi) is 3.36. The number of pyridine rings is 1. The first-order valence-corrected chi connectivity index (χ1v) is 8.76. The van der Waals surface area contributed by atoms with Crippen LogP contribution in [0, 0.1) is 5.82 Å². The third-order valence-electron chi connectivity index (χ3n) is 4.92. The maximum absolute atomic E-state index is 13.3. The van der Waals surface area contributed by atoms with Gasteiger partial charge in [-0.1, -0.05) is 29.8 Å². The number of nitrogens with zero attached hydrogens (tertiary/aromatic N) is 2. The molecule has 0 saturated heterocycles. The van der Waals surface area contributed by atoms with Gasteiger partial charge in [0.15, 0.2) is 0 Å². The summed E-state index contributed by atoms with van der Waals surface area (Å²) in [5.41, 5.74) is 2.46. The molecule has 0 fully saturated rings. The summed E-state index contributed by atoms with van der Waals surface area (Å²) in [5.74, 6) is -0.675. The summed E-state index contributed by atoms with van der Waals surface area (Å²) in [7, 11) is 0. The lowest BCUT2D eigenvalue weighted by molar-refractivity contribution is 0.0968. The first kappa shape index (κ1) is 16.0. The van der Waals surface area contributed by atoms with E-state index < -0.39 is 0 Å². The van der Waals surface area contributed by atoms with Crippen LogP contribution >= 0.6 is 11.6 Å². The van der Waals surface area contributed by atoms with E-state index in [4.69, 9.17) is 11.6 Å². The molecule has 0 atom stereocenters. The van der Waals surface area contributed by atoms with Gasteiger partial charge >= 0.3 is 0 Å². The molecule has 3 heterocycles. The van der Waals surface area contributed by atoms with Crippen molar-refractivity contribution >= 4 is 28.4 Å². The van der Waals surface area contributed by atoms with Crippen LogP contribution in [0.5, 0.6) is 0 Å². The highest BCUT2D eigenvalue weighted by Gasteiger charge is 2.33. The molecule has 0 radical (unpaired) electrons. The Hall–Kier alpha value is -3.18.